The van der Waals surface area contributed by atoms with Gasteiger partial charge in [0.2, 0.25) is 0 Å². The van der Waals surface area contributed by atoms with Crippen molar-refractivity contribution in [3.8, 4) is 11.1 Å². The van der Waals surface area contributed by atoms with E-state index in [9.17, 15) is 9.59 Å². The monoisotopic (exact) mass is 463 g/mol. The Labute approximate surface area is 193 Å². The number of carbonyl (C=O) groups is 2. The number of nitrogen functional groups attached to an aromatic ring is 1. The molecule has 0 spiro atoms. The second-order valence-corrected chi connectivity index (χ2v) is 9.54. The van der Waals surface area contributed by atoms with Crippen LogP contribution in [0.15, 0.2) is 41.8 Å². The number of thiophene rings is 2. The molecule has 3 N–H and O–H groups in total. The maximum atomic E-state index is 13.2. The third-order valence-electron chi connectivity index (χ3n) is 5.70. The molecule has 6 nitrogen and oxygen atoms in total. The van der Waals surface area contributed by atoms with Crippen LogP contribution in [0.1, 0.15) is 44.1 Å². The van der Waals surface area contributed by atoms with Crippen LogP contribution in [0.2, 0.25) is 0 Å². The van der Waals surface area contributed by atoms with Crippen LogP contribution in [0.3, 0.4) is 0 Å². The van der Waals surface area contributed by atoms with Gasteiger partial charge in [-0.25, -0.2) is 9.78 Å². The van der Waals surface area contributed by atoms with E-state index < -0.39 is 5.97 Å². The molecular weight excluding hydrogens is 442 g/mol. The van der Waals surface area contributed by atoms with Crippen LogP contribution in [-0.4, -0.2) is 24.0 Å². The first-order chi connectivity index (χ1) is 15.6. The summed E-state index contributed by atoms with van der Waals surface area (Å²) in [6.45, 7) is 0. The number of methoxy groups -OCH3 is 1. The van der Waals surface area contributed by atoms with Crippen molar-refractivity contribution in [1.82, 2.24) is 4.98 Å². The SMILES string of the molecule is COC(=O)c1c(-c2ccccc2)csc1NC(=O)c1sc2nc3c(cc2c1N)CCCC3. The number of nitrogens with two attached hydrogens (primary N) is 1. The lowest BCUT2D eigenvalue weighted by atomic mass is 9.95. The van der Waals surface area contributed by atoms with E-state index in [1.54, 1.807) is 0 Å². The first kappa shape index (κ1) is 20.7. The average Bonchev–Trinajstić information content (AvgIpc) is 3.38. The zero-order valence-electron chi connectivity index (χ0n) is 17.4. The summed E-state index contributed by atoms with van der Waals surface area (Å²) in [5.74, 6) is -0.853. The summed E-state index contributed by atoms with van der Waals surface area (Å²) in [5, 5.41) is 5.99. The predicted molar refractivity (Wildman–Crippen MR) is 130 cm³/mol. The Hall–Kier alpha value is -3.23. The van der Waals surface area contributed by atoms with E-state index in [0.29, 0.717) is 21.1 Å². The molecule has 32 heavy (non-hydrogen) atoms. The first-order valence-corrected chi connectivity index (χ1v) is 12.0. The van der Waals surface area contributed by atoms with Crippen molar-refractivity contribution in [2.45, 2.75) is 25.7 Å². The van der Waals surface area contributed by atoms with E-state index >= 15 is 0 Å². The number of hydrogen-bond acceptors (Lipinski definition) is 7. The van der Waals surface area contributed by atoms with Crippen LogP contribution >= 0.6 is 22.7 Å². The van der Waals surface area contributed by atoms with Crippen molar-refractivity contribution >= 4 is 55.5 Å². The van der Waals surface area contributed by atoms with Crippen molar-refractivity contribution < 1.29 is 14.3 Å². The smallest absolute Gasteiger partial charge is 0.341 e. The van der Waals surface area contributed by atoms with Crippen LogP contribution in [0.25, 0.3) is 21.3 Å². The van der Waals surface area contributed by atoms with Crippen LogP contribution in [0.4, 0.5) is 10.7 Å². The third kappa shape index (κ3) is 3.55. The molecule has 0 radical (unpaired) electrons. The van der Waals surface area contributed by atoms with Crippen LogP contribution in [0, 0.1) is 0 Å². The molecule has 0 bridgehead atoms. The van der Waals surface area contributed by atoms with E-state index in [0.717, 1.165) is 52.7 Å². The molecule has 0 atom stereocenters. The quantitative estimate of drug-likeness (QED) is 0.388. The molecule has 0 unspecified atom stereocenters. The summed E-state index contributed by atoms with van der Waals surface area (Å²) < 4.78 is 5.00. The molecular formula is C24H21N3O3S2. The summed E-state index contributed by atoms with van der Waals surface area (Å²) in [7, 11) is 1.33. The number of nitrogens with zero attached hydrogens (tertiary/aromatic N) is 1. The normalized spacial score (nSPS) is 13.0. The molecule has 1 aromatic carbocycles. The van der Waals surface area contributed by atoms with Gasteiger partial charge in [-0.3, -0.25) is 4.79 Å². The average molecular weight is 464 g/mol. The van der Waals surface area contributed by atoms with Gasteiger partial charge in [0.05, 0.1) is 12.8 Å². The van der Waals surface area contributed by atoms with Crippen molar-refractivity contribution in [3.63, 3.8) is 0 Å². The third-order valence-corrected chi connectivity index (χ3v) is 7.71. The van der Waals surface area contributed by atoms with Crippen LogP contribution in [0.5, 0.6) is 0 Å². The second-order valence-electron chi connectivity index (χ2n) is 7.66. The van der Waals surface area contributed by atoms with Gasteiger partial charge in [-0.1, -0.05) is 30.3 Å². The molecule has 0 fully saturated rings. The van der Waals surface area contributed by atoms with Crippen molar-refractivity contribution in [1.29, 1.82) is 0 Å². The van der Waals surface area contributed by atoms with Crippen LogP contribution < -0.4 is 11.1 Å². The number of pyridine rings is 1. The lowest BCUT2D eigenvalue weighted by Gasteiger charge is -2.14. The van der Waals surface area contributed by atoms with Gasteiger partial charge in [0, 0.05) is 22.0 Å². The molecule has 1 aliphatic carbocycles. The molecule has 5 rings (SSSR count). The summed E-state index contributed by atoms with van der Waals surface area (Å²) >= 11 is 2.57. The maximum Gasteiger partial charge on any atom is 0.341 e. The molecule has 0 aliphatic heterocycles. The first-order valence-electron chi connectivity index (χ1n) is 10.3. The molecule has 8 heteroatoms. The number of aryl methyl sites for hydroxylation is 2. The molecule has 1 amide bonds. The van der Waals surface area contributed by atoms with Gasteiger partial charge >= 0.3 is 5.97 Å². The number of amides is 1. The zero-order valence-corrected chi connectivity index (χ0v) is 19.1. The predicted octanol–water partition coefficient (Wildman–Crippen LogP) is 5.52. The van der Waals surface area contributed by atoms with Gasteiger partial charge in [-0.15, -0.1) is 22.7 Å². The number of ether oxygens (including phenoxy) is 1. The van der Waals surface area contributed by atoms with Crippen molar-refractivity contribution in [2.75, 3.05) is 18.2 Å². The van der Waals surface area contributed by atoms with E-state index in [1.165, 1.54) is 35.3 Å². The minimum absolute atomic E-state index is 0.338. The Morgan fingerprint density at radius 2 is 1.94 bits per heavy atom. The molecule has 1 aliphatic rings. The van der Waals surface area contributed by atoms with E-state index in [4.69, 9.17) is 15.5 Å². The zero-order chi connectivity index (χ0) is 22.2. The fraction of sp³-hybridized carbons (Fsp3) is 0.208. The Balaban J connectivity index is 1.51. The largest absolute Gasteiger partial charge is 0.465 e. The highest BCUT2D eigenvalue weighted by molar-refractivity contribution is 7.21. The highest BCUT2D eigenvalue weighted by Gasteiger charge is 2.25. The highest BCUT2D eigenvalue weighted by Crippen LogP contribution is 2.39. The number of hydrogen-bond donors (Lipinski definition) is 2. The van der Waals surface area contributed by atoms with Crippen LogP contribution in [-0.2, 0) is 17.6 Å². The van der Waals surface area contributed by atoms with Gasteiger partial charge in [-0.05, 0) is 42.9 Å². The fourth-order valence-electron chi connectivity index (χ4n) is 4.07. The number of aromatic nitrogens is 1. The number of carbonyl (C=O) groups excluding carboxylic acids is 2. The number of fused-ring (bicyclic) bond motifs is 2. The maximum absolute atomic E-state index is 13.2. The standard InChI is InChI=1S/C24H21N3O3S2/c1-30-24(29)18-16(13-7-3-2-4-8-13)12-31-23(18)27-21(28)20-19(25)15-11-14-9-5-6-10-17(14)26-22(15)32-20/h2-4,7-8,11-12H,5-6,9-10,25H2,1H3,(H,27,28). The summed E-state index contributed by atoms with van der Waals surface area (Å²) in [4.78, 5) is 31.7. The molecule has 162 valence electrons. The Kier molecular flexibility index (Phi) is 5.40. The van der Waals surface area contributed by atoms with Gasteiger partial charge < -0.3 is 15.8 Å². The molecule has 3 aromatic heterocycles. The number of rotatable bonds is 4. The molecule has 0 saturated heterocycles. The minimum Gasteiger partial charge on any atom is -0.465 e. The molecule has 0 saturated carbocycles. The van der Waals surface area contributed by atoms with Gasteiger partial charge in [0.25, 0.3) is 5.91 Å². The van der Waals surface area contributed by atoms with Gasteiger partial charge in [-0.2, -0.15) is 0 Å². The van der Waals surface area contributed by atoms with E-state index in [-0.39, 0.29) is 5.91 Å². The van der Waals surface area contributed by atoms with Crippen molar-refractivity contribution in [3.05, 3.63) is 63.5 Å². The number of benzene rings is 1. The minimum atomic E-state index is -0.501. The molecule has 3 heterocycles. The summed E-state index contributed by atoms with van der Waals surface area (Å²) in [5.41, 5.74) is 11.1. The highest BCUT2D eigenvalue weighted by atomic mass is 32.1. The van der Waals surface area contributed by atoms with E-state index in [1.807, 2.05) is 35.7 Å². The number of anilines is 2. The molecule has 4 aromatic rings. The lowest BCUT2D eigenvalue weighted by Crippen LogP contribution is -2.14. The Bertz CT molecular complexity index is 1340. The van der Waals surface area contributed by atoms with Gasteiger partial charge in [0.15, 0.2) is 0 Å². The van der Waals surface area contributed by atoms with E-state index in [2.05, 4.69) is 11.4 Å². The Morgan fingerprint density at radius 1 is 1.16 bits per heavy atom. The topological polar surface area (TPSA) is 94.3 Å². The fourth-order valence-corrected chi connectivity index (χ4v) is 6.02. The summed E-state index contributed by atoms with van der Waals surface area (Å²) in [6.07, 6.45) is 4.24. The van der Waals surface area contributed by atoms with Crippen molar-refractivity contribution in [2.24, 2.45) is 0 Å². The number of esters is 1. The summed E-state index contributed by atoms with van der Waals surface area (Å²) in [6, 6.07) is 11.6. The number of nitrogens with one attached hydrogen (secondary N) is 1. The second kappa shape index (κ2) is 8.37. The Morgan fingerprint density at radius 3 is 2.72 bits per heavy atom. The van der Waals surface area contributed by atoms with Gasteiger partial charge in [0.1, 0.15) is 20.3 Å². The lowest BCUT2D eigenvalue weighted by molar-refractivity contribution is 0.0603.